The van der Waals surface area contributed by atoms with Gasteiger partial charge in [-0.05, 0) is 18.8 Å². The SMILES string of the molecule is O=S(=O)(CC1CCCCC1)N1CCOCC1CBr. The Hall–Kier alpha value is 0.350. The molecule has 0 N–H and O–H groups in total. The Morgan fingerprint density at radius 1 is 1.22 bits per heavy atom. The lowest BCUT2D eigenvalue weighted by Gasteiger charge is -2.35. The van der Waals surface area contributed by atoms with Gasteiger partial charge in [0.2, 0.25) is 10.0 Å². The third kappa shape index (κ3) is 3.68. The summed E-state index contributed by atoms with van der Waals surface area (Å²) in [6.07, 6.45) is 5.78. The molecular weight excluding hydrogens is 318 g/mol. The topological polar surface area (TPSA) is 46.6 Å². The second-order valence-corrected chi connectivity index (χ2v) is 7.89. The first-order valence-electron chi connectivity index (χ1n) is 6.76. The van der Waals surface area contributed by atoms with Gasteiger partial charge in [0.15, 0.2) is 0 Å². The summed E-state index contributed by atoms with van der Waals surface area (Å²) in [5.41, 5.74) is 0. The number of hydrogen-bond acceptors (Lipinski definition) is 3. The van der Waals surface area contributed by atoms with Gasteiger partial charge in [0.25, 0.3) is 0 Å². The van der Waals surface area contributed by atoms with Crippen molar-refractivity contribution < 1.29 is 13.2 Å². The summed E-state index contributed by atoms with van der Waals surface area (Å²) < 4.78 is 32.0. The Balaban J connectivity index is 1.99. The van der Waals surface area contributed by atoms with Crippen LogP contribution in [-0.2, 0) is 14.8 Å². The zero-order valence-electron chi connectivity index (χ0n) is 10.7. The molecule has 0 radical (unpaired) electrons. The van der Waals surface area contributed by atoms with Gasteiger partial charge in [0.1, 0.15) is 0 Å². The summed E-state index contributed by atoms with van der Waals surface area (Å²) in [5.74, 6) is 0.693. The summed E-state index contributed by atoms with van der Waals surface area (Å²) in [6, 6.07) is -0.0349. The predicted octanol–water partition coefficient (Wildman–Crippen LogP) is 1.99. The van der Waals surface area contributed by atoms with Crippen molar-refractivity contribution in [2.24, 2.45) is 5.92 Å². The van der Waals surface area contributed by atoms with Gasteiger partial charge in [-0.1, -0.05) is 35.2 Å². The largest absolute Gasteiger partial charge is 0.378 e. The van der Waals surface area contributed by atoms with Crippen LogP contribution < -0.4 is 0 Å². The highest BCUT2D eigenvalue weighted by Crippen LogP contribution is 2.27. The van der Waals surface area contributed by atoms with E-state index in [1.54, 1.807) is 4.31 Å². The van der Waals surface area contributed by atoms with E-state index in [-0.39, 0.29) is 6.04 Å². The maximum absolute atomic E-state index is 12.5. The molecule has 0 bridgehead atoms. The minimum atomic E-state index is -3.12. The van der Waals surface area contributed by atoms with Crippen LogP contribution in [0.15, 0.2) is 0 Å². The Kier molecular flexibility index (Phi) is 5.47. The highest BCUT2D eigenvalue weighted by atomic mass is 79.9. The van der Waals surface area contributed by atoms with Crippen LogP contribution in [-0.4, -0.2) is 49.6 Å². The smallest absolute Gasteiger partial charge is 0.214 e. The Labute approximate surface area is 118 Å². The van der Waals surface area contributed by atoms with Crippen molar-refractivity contribution in [1.82, 2.24) is 4.31 Å². The minimum absolute atomic E-state index is 0.0349. The first-order valence-corrected chi connectivity index (χ1v) is 9.50. The zero-order chi connectivity index (χ0) is 13.0. The van der Waals surface area contributed by atoms with Gasteiger partial charge in [-0.2, -0.15) is 4.31 Å². The number of morpholine rings is 1. The number of halogens is 1. The number of alkyl halides is 1. The molecule has 1 saturated carbocycles. The standard InChI is InChI=1S/C12H22BrNO3S/c13-8-12-9-17-7-6-14(12)18(15,16)10-11-4-2-1-3-5-11/h11-12H,1-10H2. The lowest BCUT2D eigenvalue weighted by atomic mass is 9.91. The first kappa shape index (κ1) is 14.8. The number of sulfonamides is 1. The van der Waals surface area contributed by atoms with E-state index in [4.69, 9.17) is 4.74 Å². The van der Waals surface area contributed by atoms with Crippen molar-refractivity contribution >= 4 is 26.0 Å². The average Bonchev–Trinajstić information content (AvgIpc) is 2.39. The second-order valence-electron chi connectivity index (χ2n) is 5.28. The van der Waals surface area contributed by atoms with Gasteiger partial charge >= 0.3 is 0 Å². The van der Waals surface area contributed by atoms with E-state index in [1.165, 1.54) is 19.3 Å². The molecule has 0 aromatic carbocycles. The van der Waals surface area contributed by atoms with Crippen LogP contribution in [0.3, 0.4) is 0 Å². The zero-order valence-corrected chi connectivity index (χ0v) is 13.1. The van der Waals surface area contributed by atoms with Crippen molar-refractivity contribution in [3.8, 4) is 0 Å². The van der Waals surface area contributed by atoms with E-state index >= 15 is 0 Å². The molecule has 1 atom stereocenters. The molecule has 2 rings (SSSR count). The Morgan fingerprint density at radius 3 is 2.61 bits per heavy atom. The van der Waals surface area contributed by atoms with Crippen molar-refractivity contribution in [3.63, 3.8) is 0 Å². The van der Waals surface area contributed by atoms with Gasteiger partial charge in [0, 0.05) is 11.9 Å². The molecule has 0 amide bonds. The molecule has 6 heteroatoms. The average molecular weight is 340 g/mol. The molecule has 0 spiro atoms. The van der Waals surface area contributed by atoms with Gasteiger partial charge in [-0.3, -0.25) is 0 Å². The third-order valence-electron chi connectivity index (χ3n) is 3.88. The fraction of sp³-hybridized carbons (Fsp3) is 1.00. The molecule has 2 fully saturated rings. The van der Waals surface area contributed by atoms with Gasteiger partial charge < -0.3 is 4.74 Å². The van der Waals surface area contributed by atoms with Crippen LogP contribution in [0.4, 0.5) is 0 Å². The maximum atomic E-state index is 12.5. The molecular formula is C12H22BrNO3S. The van der Waals surface area contributed by atoms with E-state index in [9.17, 15) is 8.42 Å². The molecule has 2 aliphatic rings. The number of ether oxygens (including phenoxy) is 1. The molecule has 1 aliphatic carbocycles. The lowest BCUT2D eigenvalue weighted by molar-refractivity contribution is 0.0411. The molecule has 106 valence electrons. The molecule has 4 nitrogen and oxygen atoms in total. The quantitative estimate of drug-likeness (QED) is 0.736. The minimum Gasteiger partial charge on any atom is -0.378 e. The van der Waals surface area contributed by atoms with Crippen LogP contribution in [0.2, 0.25) is 0 Å². The molecule has 1 aliphatic heterocycles. The van der Waals surface area contributed by atoms with E-state index in [1.807, 2.05) is 0 Å². The van der Waals surface area contributed by atoms with Crippen LogP contribution in [0.25, 0.3) is 0 Å². The van der Waals surface area contributed by atoms with E-state index in [0.29, 0.717) is 36.8 Å². The fourth-order valence-electron chi connectivity index (χ4n) is 2.87. The number of nitrogens with zero attached hydrogens (tertiary/aromatic N) is 1. The molecule has 0 aromatic rings. The van der Waals surface area contributed by atoms with Crippen molar-refractivity contribution in [2.45, 2.75) is 38.1 Å². The van der Waals surface area contributed by atoms with E-state index < -0.39 is 10.0 Å². The normalized spacial score (nSPS) is 28.4. The third-order valence-corrected chi connectivity index (χ3v) is 6.72. The second kappa shape index (κ2) is 6.68. The van der Waals surface area contributed by atoms with Crippen molar-refractivity contribution in [3.05, 3.63) is 0 Å². The molecule has 18 heavy (non-hydrogen) atoms. The van der Waals surface area contributed by atoms with Crippen LogP contribution >= 0.6 is 15.9 Å². The number of rotatable bonds is 4. The van der Waals surface area contributed by atoms with Gasteiger partial charge in [0.05, 0.1) is 25.0 Å². The fourth-order valence-corrected chi connectivity index (χ4v) is 5.67. The first-order chi connectivity index (χ1) is 8.63. The van der Waals surface area contributed by atoms with Crippen molar-refractivity contribution in [2.75, 3.05) is 30.8 Å². The summed E-state index contributed by atoms with van der Waals surface area (Å²) in [7, 11) is -3.12. The van der Waals surface area contributed by atoms with E-state index in [0.717, 1.165) is 12.8 Å². The summed E-state index contributed by atoms with van der Waals surface area (Å²) in [5, 5.41) is 0.650. The molecule has 1 unspecified atom stereocenters. The van der Waals surface area contributed by atoms with Crippen LogP contribution in [0, 0.1) is 5.92 Å². The van der Waals surface area contributed by atoms with Gasteiger partial charge in [-0.15, -0.1) is 0 Å². The lowest BCUT2D eigenvalue weighted by Crippen LogP contribution is -2.50. The molecule has 0 aromatic heterocycles. The highest BCUT2D eigenvalue weighted by Gasteiger charge is 2.34. The Morgan fingerprint density at radius 2 is 1.94 bits per heavy atom. The summed E-state index contributed by atoms with van der Waals surface area (Å²) in [4.78, 5) is 0. The Bertz CT molecular complexity index is 354. The number of hydrogen-bond donors (Lipinski definition) is 0. The summed E-state index contributed by atoms with van der Waals surface area (Å²) in [6.45, 7) is 1.54. The maximum Gasteiger partial charge on any atom is 0.214 e. The van der Waals surface area contributed by atoms with Crippen LogP contribution in [0.5, 0.6) is 0 Å². The predicted molar refractivity (Wildman–Crippen MR) is 75.5 cm³/mol. The molecule has 1 saturated heterocycles. The van der Waals surface area contributed by atoms with Crippen LogP contribution in [0.1, 0.15) is 32.1 Å². The highest BCUT2D eigenvalue weighted by molar-refractivity contribution is 9.09. The van der Waals surface area contributed by atoms with E-state index in [2.05, 4.69) is 15.9 Å². The molecule has 1 heterocycles. The van der Waals surface area contributed by atoms with Crippen molar-refractivity contribution in [1.29, 1.82) is 0 Å². The van der Waals surface area contributed by atoms with Gasteiger partial charge in [-0.25, -0.2) is 8.42 Å². The summed E-state index contributed by atoms with van der Waals surface area (Å²) >= 11 is 3.38. The monoisotopic (exact) mass is 339 g/mol.